The second-order valence-electron chi connectivity index (χ2n) is 7.01. The first-order chi connectivity index (χ1) is 13.0. The lowest BCUT2D eigenvalue weighted by Crippen LogP contribution is -2.50. The van der Waals surface area contributed by atoms with E-state index < -0.39 is 5.54 Å². The molecule has 1 aliphatic rings. The topological polar surface area (TPSA) is 66.9 Å². The van der Waals surface area contributed by atoms with Gasteiger partial charge in [0, 0.05) is 17.5 Å². The summed E-state index contributed by atoms with van der Waals surface area (Å²) in [4.78, 5) is 27.3. The van der Waals surface area contributed by atoms with Gasteiger partial charge in [-0.15, -0.1) is 0 Å². The summed E-state index contributed by atoms with van der Waals surface area (Å²) in [6, 6.07) is 13.2. The lowest BCUT2D eigenvalue weighted by Gasteiger charge is -2.43. The Morgan fingerprint density at radius 1 is 1.11 bits per heavy atom. The van der Waals surface area contributed by atoms with Gasteiger partial charge in [0.1, 0.15) is 5.82 Å². The predicted octanol–water partition coefficient (Wildman–Crippen LogP) is 3.42. The molecule has 2 N–H and O–H groups in total. The summed E-state index contributed by atoms with van der Waals surface area (Å²) in [6.45, 7) is 1.83. The van der Waals surface area contributed by atoms with Crippen molar-refractivity contribution < 1.29 is 9.18 Å². The first-order valence-corrected chi connectivity index (χ1v) is 8.95. The standard InChI is InChI=1S/C21H20FN3O2/c1-14-13-23-20(27)25(14)18-9-3-15(4-10-18)19(26)24-21(11-2-12-21)16-5-7-17(22)8-6-16/h3-10,13H,2,11-12H2,1H3,(H,23,27)(H,24,26). The Hall–Kier alpha value is -3.15. The number of aryl methyl sites for hydroxylation is 1. The Balaban J connectivity index is 1.56. The monoisotopic (exact) mass is 365 g/mol. The maximum Gasteiger partial charge on any atom is 0.330 e. The van der Waals surface area contributed by atoms with Gasteiger partial charge in [0.25, 0.3) is 5.91 Å². The highest BCUT2D eigenvalue weighted by Crippen LogP contribution is 2.41. The van der Waals surface area contributed by atoms with E-state index >= 15 is 0 Å². The number of hydrogen-bond acceptors (Lipinski definition) is 2. The number of aromatic nitrogens is 2. The van der Waals surface area contributed by atoms with Crippen molar-refractivity contribution in [3.8, 4) is 5.69 Å². The van der Waals surface area contributed by atoms with Crippen LogP contribution in [0.15, 0.2) is 59.5 Å². The van der Waals surface area contributed by atoms with Gasteiger partial charge in [-0.2, -0.15) is 0 Å². The number of imidazole rings is 1. The number of amides is 1. The molecular formula is C21H20FN3O2. The van der Waals surface area contributed by atoms with Gasteiger partial charge in [0.2, 0.25) is 0 Å². The van der Waals surface area contributed by atoms with E-state index in [1.807, 2.05) is 6.92 Å². The first-order valence-electron chi connectivity index (χ1n) is 8.95. The maximum absolute atomic E-state index is 13.2. The molecule has 0 spiro atoms. The largest absolute Gasteiger partial charge is 0.343 e. The SMILES string of the molecule is Cc1c[nH]c(=O)n1-c1ccc(C(=O)NC2(c3ccc(F)cc3)CCC2)cc1. The van der Waals surface area contributed by atoms with E-state index in [-0.39, 0.29) is 17.4 Å². The molecule has 0 bridgehead atoms. The molecule has 138 valence electrons. The van der Waals surface area contributed by atoms with Crippen molar-refractivity contribution in [1.29, 1.82) is 0 Å². The van der Waals surface area contributed by atoms with Gasteiger partial charge in [-0.1, -0.05) is 12.1 Å². The zero-order valence-electron chi connectivity index (χ0n) is 15.0. The number of carbonyl (C=O) groups excluding carboxylic acids is 1. The van der Waals surface area contributed by atoms with E-state index in [0.717, 1.165) is 30.5 Å². The summed E-state index contributed by atoms with van der Waals surface area (Å²) in [6.07, 6.45) is 4.33. The van der Waals surface area contributed by atoms with Gasteiger partial charge in [-0.3, -0.25) is 9.36 Å². The fourth-order valence-electron chi connectivity index (χ4n) is 3.61. The number of aromatic amines is 1. The Labute approximate surface area is 155 Å². The lowest BCUT2D eigenvalue weighted by atomic mass is 9.71. The van der Waals surface area contributed by atoms with Crippen molar-refractivity contribution in [2.45, 2.75) is 31.7 Å². The number of nitrogens with one attached hydrogen (secondary N) is 2. The van der Waals surface area contributed by atoms with Gasteiger partial charge < -0.3 is 10.3 Å². The van der Waals surface area contributed by atoms with Crippen LogP contribution in [0.1, 0.15) is 40.9 Å². The summed E-state index contributed by atoms with van der Waals surface area (Å²) < 4.78 is 14.8. The van der Waals surface area contributed by atoms with Crippen LogP contribution >= 0.6 is 0 Å². The molecule has 1 fully saturated rings. The van der Waals surface area contributed by atoms with Gasteiger partial charge in [-0.05, 0) is 68.1 Å². The normalized spacial score (nSPS) is 15.2. The molecular weight excluding hydrogens is 345 g/mol. The zero-order valence-corrected chi connectivity index (χ0v) is 15.0. The summed E-state index contributed by atoms with van der Waals surface area (Å²) in [7, 11) is 0. The van der Waals surface area contributed by atoms with Crippen LogP contribution in [0.4, 0.5) is 4.39 Å². The van der Waals surface area contributed by atoms with Gasteiger partial charge in [0.15, 0.2) is 0 Å². The molecule has 6 heteroatoms. The molecule has 1 saturated carbocycles. The van der Waals surface area contributed by atoms with Crippen LogP contribution in [-0.4, -0.2) is 15.5 Å². The highest BCUT2D eigenvalue weighted by atomic mass is 19.1. The second kappa shape index (κ2) is 6.54. The van der Waals surface area contributed by atoms with Crippen LogP contribution in [-0.2, 0) is 5.54 Å². The quantitative estimate of drug-likeness (QED) is 0.744. The third-order valence-electron chi connectivity index (χ3n) is 5.30. The minimum absolute atomic E-state index is 0.177. The number of rotatable bonds is 4. The zero-order chi connectivity index (χ0) is 19.0. The number of benzene rings is 2. The van der Waals surface area contributed by atoms with Crippen molar-refractivity contribution in [2.24, 2.45) is 0 Å². The minimum atomic E-state index is -0.433. The fourth-order valence-corrected chi connectivity index (χ4v) is 3.61. The highest BCUT2D eigenvalue weighted by molar-refractivity contribution is 5.95. The van der Waals surface area contributed by atoms with Crippen molar-refractivity contribution in [2.75, 3.05) is 0 Å². The van der Waals surface area contributed by atoms with E-state index in [1.54, 1.807) is 47.2 Å². The molecule has 0 atom stereocenters. The molecule has 1 aromatic heterocycles. The number of halogens is 1. The molecule has 1 aliphatic carbocycles. The smallest absolute Gasteiger partial charge is 0.330 e. The fraction of sp³-hybridized carbons (Fsp3) is 0.238. The first kappa shape index (κ1) is 17.3. The average molecular weight is 365 g/mol. The molecule has 1 heterocycles. The molecule has 3 aromatic rings. The van der Waals surface area contributed by atoms with E-state index in [2.05, 4.69) is 10.3 Å². The van der Waals surface area contributed by atoms with Crippen LogP contribution in [0.3, 0.4) is 0 Å². The van der Waals surface area contributed by atoms with Crippen molar-refractivity contribution in [3.05, 3.63) is 87.9 Å². The molecule has 0 saturated heterocycles. The van der Waals surface area contributed by atoms with Crippen LogP contribution in [0, 0.1) is 12.7 Å². The second-order valence-corrected chi connectivity index (χ2v) is 7.01. The Morgan fingerprint density at radius 2 is 1.78 bits per heavy atom. The maximum atomic E-state index is 13.2. The molecule has 0 unspecified atom stereocenters. The van der Waals surface area contributed by atoms with Crippen LogP contribution in [0.2, 0.25) is 0 Å². The van der Waals surface area contributed by atoms with Crippen LogP contribution in [0.25, 0.3) is 5.69 Å². The van der Waals surface area contributed by atoms with Crippen molar-refractivity contribution in [1.82, 2.24) is 14.9 Å². The predicted molar refractivity (Wildman–Crippen MR) is 101 cm³/mol. The lowest BCUT2D eigenvalue weighted by molar-refractivity contribution is 0.0823. The number of H-pyrrole nitrogens is 1. The van der Waals surface area contributed by atoms with Gasteiger partial charge in [0.05, 0.1) is 11.2 Å². The molecule has 0 aliphatic heterocycles. The third-order valence-corrected chi connectivity index (χ3v) is 5.30. The molecule has 1 amide bonds. The van der Waals surface area contributed by atoms with Crippen molar-refractivity contribution >= 4 is 5.91 Å². The van der Waals surface area contributed by atoms with Crippen molar-refractivity contribution in [3.63, 3.8) is 0 Å². The Morgan fingerprint density at radius 3 is 2.30 bits per heavy atom. The summed E-state index contributed by atoms with van der Waals surface area (Å²) in [5.74, 6) is -0.464. The Kier molecular flexibility index (Phi) is 4.18. The van der Waals surface area contributed by atoms with Gasteiger partial charge in [-0.25, -0.2) is 9.18 Å². The summed E-state index contributed by atoms with van der Waals surface area (Å²) in [5, 5.41) is 3.12. The molecule has 2 aromatic carbocycles. The summed E-state index contributed by atoms with van der Waals surface area (Å²) in [5.41, 5.74) is 2.30. The van der Waals surface area contributed by atoms with Crippen LogP contribution in [0.5, 0.6) is 0 Å². The molecule has 27 heavy (non-hydrogen) atoms. The summed E-state index contributed by atoms with van der Waals surface area (Å²) >= 11 is 0. The number of nitrogens with zero attached hydrogens (tertiary/aromatic N) is 1. The molecule has 0 radical (unpaired) electrons. The number of hydrogen-bond donors (Lipinski definition) is 2. The average Bonchev–Trinajstić information content (AvgIpc) is 2.97. The van der Waals surface area contributed by atoms with E-state index in [4.69, 9.17) is 0 Å². The van der Waals surface area contributed by atoms with Crippen LogP contribution < -0.4 is 11.0 Å². The van der Waals surface area contributed by atoms with Gasteiger partial charge >= 0.3 is 5.69 Å². The molecule has 5 nitrogen and oxygen atoms in total. The highest BCUT2D eigenvalue weighted by Gasteiger charge is 2.40. The Bertz CT molecular complexity index is 1030. The molecule has 4 rings (SSSR count). The third kappa shape index (κ3) is 3.07. The number of carbonyl (C=O) groups is 1. The van der Waals surface area contributed by atoms with E-state index in [9.17, 15) is 14.0 Å². The van der Waals surface area contributed by atoms with E-state index in [0.29, 0.717) is 11.3 Å². The minimum Gasteiger partial charge on any atom is -0.343 e. The van der Waals surface area contributed by atoms with E-state index in [1.165, 1.54) is 12.1 Å².